The van der Waals surface area contributed by atoms with Gasteiger partial charge in [0.05, 0.1) is 10.0 Å². The summed E-state index contributed by atoms with van der Waals surface area (Å²) in [6, 6.07) is 11.8. The zero-order valence-electron chi connectivity index (χ0n) is 11.8. The van der Waals surface area contributed by atoms with E-state index in [0.29, 0.717) is 35.2 Å². The van der Waals surface area contributed by atoms with Gasteiger partial charge in [-0.1, -0.05) is 35.3 Å². The van der Waals surface area contributed by atoms with Gasteiger partial charge in [0.25, 0.3) is 5.91 Å². The first kappa shape index (κ1) is 16.6. The largest absolute Gasteiger partial charge is 0.508 e. The van der Waals surface area contributed by atoms with Crippen molar-refractivity contribution < 1.29 is 9.90 Å². The minimum absolute atomic E-state index is 0.197. The van der Waals surface area contributed by atoms with Crippen molar-refractivity contribution in [1.29, 1.82) is 0 Å². The van der Waals surface area contributed by atoms with Gasteiger partial charge in [-0.05, 0) is 35.9 Å². The first-order valence-electron chi connectivity index (χ1n) is 6.78. The number of phenolic OH excluding ortho intramolecular Hbond substituents is 1. The van der Waals surface area contributed by atoms with Crippen LogP contribution in [0.2, 0.25) is 10.0 Å². The minimum Gasteiger partial charge on any atom is -0.508 e. The molecule has 0 heterocycles. The number of carbonyl (C=O) groups excluding carboxylic acids is 1. The summed E-state index contributed by atoms with van der Waals surface area (Å²) >= 11 is 11.7. The molecule has 0 aliphatic rings. The zero-order chi connectivity index (χ0) is 15.9. The quantitative estimate of drug-likeness (QED) is 0.708. The predicted molar refractivity (Wildman–Crippen MR) is 88.6 cm³/mol. The van der Waals surface area contributed by atoms with Crippen LogP contribution in [-0.4, -0.2) is 24.1 Å². The Labute approximate surface area is 139 Å². The number of hydrogen-bond donors (Lipinski definition) is 3. The molecule has 0 saturated heterocycles. The summed E-state index contributed by atoms with van der Waals surface area (Å²) in [5.41, 5.74) is 1.46. The third-order valence-electron chi connectivity index (χ3n) is 3.01. The summed E-state index contributed by atoms with van der Waals surface area (Å²) in [5, 5.41) is 16.1. The van der Waals surface area contributed by atoms with Crippen molar-refractivity contribution in [3.05, 3.63) is 63.6 Å². The summed E-state index contributed by atoms with van der Waals surface area (Å²) in [7, 11) is 0. The van der Waals surface area contributed by atoms with Gasteiger partial charge in [-0.3, -0.25) is 4.79 Å². The fourth-order valence-corrected chi connectivity index (χ4v) is 2.20. The number of amides is 1. The Morgan fingerprint density at radius 1 is 1.05 bits per heavy atom. The molecule has 6 heteroatoms. The molecule has 116 valence electrons. The molecule has 0 spiro atoms. The van der Waals surface area contributed by atoms with Crippen LogP contribution in [0.25, 0.3) is 0 Å². The molecule has 0 fully saturated rings. The molecule has 0 atom stereocenters. The summed E-state index contributed by atoms with van der Waals surface area (Å²) in [4.78, 5) is 11.9. The Morgan fingerprint density at radius 3 is 2.59 bits per heavy atom. The van der Waals surface area contributed by atoms with Crippen LogP contribution in [0, 0.1) is 0 Å². The molecule has 0 saturated carbocycles. The number of hydrogen-bond acceptors (Lipinski definition) is 3. The Bertz CT molecular complexity index is 662. The lowest BCUT2D eigenvalue weighted by atomic mass is 10.2. The van der Waals surface area contributed by atoms with E-state index in [1.165, 1.54) is 0 Å². The van der Waals surface area contributed by atoms with Gasteiger partial charge in [0.1, 0.15) is 5.75 Å². The number of rotatable bonds is 6. The van der Waals surface area contributed by atoms with E-state index in [-0.39, 0.29) is 11.7 Å². The number of halogens is 2. The van der Waals surface area contributed by atoms with Crippen LogP contribution in [0.4, 0.5) is 0 Å². The summed E-state index contributed by atoms with van der Waals surface area (Å²) in [6.45, 7) is 1.72. The lowest BCUT2D eigenvalue weighted by Crippen LogP contribution is -2.31. The van der Waals surface area contributed by atoms with E-state index in [0.717, 1.165) is 5.56 Å². The van der Waals surface area contributed by atoms with Crippen LogP contribution >= 0.6 is 23.2 Å². The lowest BCUT2D eigenvalue weighted by Gasteiger charge is -2.08. The van der Waals surface area contributed by atoms with Gasteiger partial charge in [0.2, 0.25) is 0 Å². The highest BCUT2D eigenvalue weighted by molar-refractivity contribution is 6.42. The van der Waals surface area contributed by atoms with Crippen LogP contribution in [0.3, 0.4) is 0 Å². The minimum atomic E-state index is -0.197. The maximum Gasteiger partial charge on any atom is 0.251 e. The van der Waals surface area contributed by atoms with Crippen molar-refractivity contribution in [3.63, 3.8) is 0 Å². The SMILES string of the molecule is O=C(NCCNCc1cccc(O)c1)c1ccc(Cl)c(Cl)c1. The highest BCUT2D eigenvalue weighted by atomic mass is 35.5. The van der Waals surface area contributed by atoms with Crippen LogP contribution < -0.4 is 10.6 Å². The topological polar surface area (TPSA) is 61.4 Å². The molecule has 0 bridgehead atoms. The molecule has 0 aliphatic carbocycles. The van der Waals surface area contributed by atoms with Crippen molar-refractivity contribution in [2.75, 3.05) is 13.1 Å². The second-order valence-electron chi connectivity index (χ2n) is 4.73. The molecule has 0 aromatic heterocycles. The highest BCUT2D eigenvalue weighted by Crippen LogP contribution is 2.22. The Morgan fingerprint density at radius 2 is 1.86 bits per heavy atom. The van der Waals surface area contributed by atoms with Crippen molar-refractivity contribution in [2.45, 2.75) is 6.54 Å². The number of nitrogens with one attached hydrogen (secondary N) is 2. The lowest BCUT2D eigenvalue weighted by molar-refractivity contribution is 0.0954. The van der Waals surface area contributed by atoms with E-state index < -0.39 is 0 Å². The van der Waals surface area contributed by atoms with E-state index >= 15 is 0 Å². The second-order valence-corrected chi connectivity index (χ2v) is 5.55. The molecule has 0 aliphatic heterocycles. The van der Waals surface area contributed by atoms with Gasteiger partial charge >= 0.3 is 0 Å². The molecule has 0 unspecified atom stereocenters. The number of carbonyl (C=O) groups is 1. The van der Waals surface area contributed by atoms with E-state index in [1.54, 1.807) is 36.4 Å². The molecular formula is C16H16Cl2N2O2. The Balaban J connectivity index is 1.72. The number of benzene rings is 2. The smallest absolute Gasteiger partial charge is 0.251 e. The van der Waals surface area contributed by atoms with Crippen LogP contribution in [0.5, 0.6) is 5.75 Å². The molecular weight excluding hydrogens is 323 g/mol. The predicted octanol–water partition coefficient (Wildman–Crippen LogP) is 3.22. The molecule has 0 radical (unpaired) electrons. The van der Waals surface area contributed by atoms with Crippen molar-refractivity contribution >= 4 is 29.1 Å². The molecule has 2 rings (SSSR count). The summed E-state index contributed by atoms with van der Waals surface area (Å²) in [5.74, 6) is 0.0462. The zero-order valence-corrected chi connectivity index (χ0v) is 13.3. The molecule has 22 heavy (non-hydrogen) atoms. The molecule has 3 N–H and O–H groups in total. The maximum absolute atomic E-state index is 11.9. The molecule has 2 aromatic carbocycles. The fourth-order valence-electron chi connectivity index (χ4n) is 1.90. The van der Waals surface area contributed by atoms with E-state index in [2.05, 4.69) is 10.6 Å². The first-order chi connectivity index (χ1) is 10.6. The van der Waals surface area contributed by atoms with Gasteiger partial charge in [0, 0.05) is 25.2 Å². The number of phenols is 1. The van der Waals surface area contributed by atoms with Gasteiger partial charge in [-0.15, -0.1) is 0 Å². The Kier molecular flexibility index (Phi) is 6.07. The average molecular weight is 339 g/mol. The number of aromatic hydroxyl groups is 1. The standard InChI is InChI=1S/C16H16Cl2N2O2/c17-14-5-4-12(9-15(14)18)16(22)20-7-6-19-10-11-2-1-3-13(21)8-11/h1-5,8-9,19,21H,6-7,10H2,(H,20,22). The van der Waals surface area contributed by atoms with Crippen molar-refractivity contribution in [1.82, 2.24) is 10.6 Å². The third kappa shape index (κ3) is 4.91. The maximum atomic E-state index is 11.9. The normalized spacial score (nSPS) is 10.5. The second kappa shape index (κ2) is 8.03. The van der Waals surface area contributed by atoms with Crippen LogP contribution in [0.15, 0.2) is 42.5 Å². The molecule has 1 amide bonds. The molecule has 4 nitrogen and oxygen atoms in total. The van der Waals surface area contributed by atoms with Crippen molar-refractivity contribution in [2.24, 2.45) is 0 Å². The first-order valence-corrected chi connectivity index (χ1v) is 7.54. The van der Waals surface area contributed by atoms with E-state index in [1.807, 2.05) is 6.07 Å². The monoisotopic (exact) mass is 338 g/mol. The van der Waals surface area contributed by atoms with Gasteiger partial charge in [-0.25, -0.2) is 0 Å². The van der Waals surface area contributed by atoms with E-state index in [9.17, 15) is 9.90 Å². The van der Waals surface area contributed by atoms with Crippen LogP contribution in [0.1, 0.15) is 15.9 Å². The van der Waals surface area contributed by atoms with Crippen LogP contribution in [-0.2, 0) is 6.54 Å². The summed E-state index contributed by atoms with van der Waals surface area (Å²) < 4.78 is 0. The van der Waals surface area contributed by atoms with E-state index in [4.69, 9.17) is 23.2 Å². The highest BCUT2D eigenvalue weighted by Gasteiger charge is 2.07. The van der Waals surface area contributed by atoms with Gasteiger partial charge in [0.15, 0.2) is 0 Å². The Hall–Kier alpha value is -1.75. The van der Waals surface area contributed by atoms with Crippen molar-refractivity contribution in [3.8, 4) is 5.75 Å². The average Bonchev–Trinajstić information content (AvgIpc) is 2.49. The van der Waals surface area contributed by atoms with Gasteiger partial charge in [-0.2, -0.15) is 0 Å². The fraction of sp³-hybridized carbons (Fsp3) is 0.188. The third-order valence-corrected chi connectivity index (χ3v) is 3.75. The van der Waals surface area contributed by atoms with Gasteiger partial charge < -0.3 is 15.7 Å². The summed E-state index contributed by atoms with van der Waals surface area (Å²) in [6.07, 6.45) is 0. The molecule has 2 aromatic rings.